The van der Waals surface area contributed by atoms with Gasteiger partial charge in [-0.2, -0.15) is 18.2 Å². The van der Waals surface area contributed by atoms with Gasteiger partial charge in [0.15, 0.2) is 5.82 Å². The van der Waals surface area contributed by atoms with Gasteiger partial charge in [-0.25, -0.2) is 0 Å². The number of alkyl halides is 3. The Morgan fingerprint density at radius 2 is 2.17 bits per heavy atom. The average molecular weight is 264 g/mol. The molecule has 0 spiro atoms. The number of halogens is 3. The summed E-state index contributed by atoms with van der Waals surface area (Å²) in [5, 5.41) is 3.44. The Morgan fingerprint density at radius 1 is 1.39 bits per heavy atom. The number of aryl methyl sites for hydroxylation is 1. The van der Waals surface area contributed by atoms with Gasteiger partial charge in [0.25, 0.3) is 0 Å². The van der Waals surface area contributed by atoms with Crippen LogP contribution in [0.15, 0.2) is 4.52 Å². The normalized spacial score (nSPS) is 21.3. The Labute approximate surface area is 100 Å². The van der Waals surface area contributed by atoms with Gasteiger partial charge in [0.1, 0.15) is 11.7 Å². The highest BCUT2D eigenvalue weighted by atomic mass is 19.4. The number of Topliss-reactive ketones (excluding diaryl/α,β-unsaturated/α-hetero) is 1. The van der Waals surface area contributed by atoms with Crippen LogP contribution in [0.25, 0.3) is 0 Å². The van der Waals surface area contributed by atoms with Gasteiger partial charge in [-0.05, 0) is 0 Å². The maximum atomic E-state index is 12.0. The smallest absolute Gasteiger partial charge is 0.380 e. The second-order valence-corrected chi connectivity index (χ2v) is 4.01. The number of rotatable bonds is 3. The minimum absolute atomic E-state index is 0.0388. The fourth-order valence-corrected chi connectivity index (χ4v) is 1.61. The predicted octanol–water partition coefficient (Wildman–Crippen LogP) is 1.64. The number of carbonyl (C=O) groups excluding carboxylic acids is 1. The maximum absolute atomic E-state index is 12.0. The first kappa shape index (κ1) is 13.0. The van der Waals surface area contributed by atoms with Crippen molar-refractivity contribution in [3.63, 3.8) is 0 Å². The number of carbonyl (C=O) groups is 1. The first-order valence-electron chi connectivity index (χ1n) is 5.45. The summed E-state index contributed by atoms with van der Waals surface area (Å²) in [7, 11) is 0. The Kier molecular flexibility index (Phi) is 3.65. The number of ether oxygens (including phenoxy) is 1. The highest BCUT2D eigenvalue weighted by Crippen LogP contribution is 2.23. The summed E-state index contributed by atoms with van der Waals surface area (Å²) in [5.74, 6) is -0.740. The maximum Gasteiger partial charge on any atom is 0.389 e. The van der Waals surface area contributed by atoms with E-state index in [9.17, 15) is 18.0 Å². The first-order valence-corrected chi connectivity index (χ1v) is 5.45. The molecule has 1 atom stereocenters. The largest absolute Gasteiger partial charge is 0.389 e. The zero-order chi connectivity index (χ0) is 13.2. The summed E-state index contributed by atoms with van der Waals surface area (Å²) >= 11 is 0. The number of hydrogen-bond donors (Lipinski definition) is 0. The summed E-state index contributed by atoms with van der Waals surface area (Å²) in [6.07, 6.45) is -5.37. The van der Waals surface area contributed by atoms with Gasteiger partial charge in [-0.3, -0.25) is 4.79 Å². The van der Waals surface area contributed by atoms with E-state index in [1.165, 1.54) is 0 Å². The molecule has 0 radical (unpaired) electrons. The summed E-state index contributed by atoms with van der Waals surface area (Å²) in [4.78, 5) is 15.3. The quantitative estimate of drug-likeness (QED) is 0.830. The van der Waals surface area contributed by atoms with Gasteiger partial charge in [0, 0.05) is 12.8 Å². The van der Waals surface area contributed by atoms with Gasteiger partial charge < -0.3 is 9.26 Å². The van der Waals surface area contributed by atoms with Crippen LogP contribution in [-0.4, -0.2) is 35.3 Å². The van der Waals surface area contributed by atoms with E-state index in [4.69, 9.17) is 9.26 Å². The van der Waals surface area contributed by atoms with Crippen LogP contribution in [0.4, 0.5) is 13.2 Å². The molecule has 1 aromatic heterocycles. The molecule has 1 aliphatic heterocycles. The fraction of sp³-hybridized carbons (Fsp3) is 0.700. The van der Waals surface area contributed by atoms with Crippen molar-refractivity contribution in [2.45, 2.75) is 31.4 Å². The summed E-state index contributed by atoms with van der Waals surface area (Å²) in [6, 6.07) is 0. The molecule has 0 saturated carbocycles. The van der Waals surface area contributed by atoms with E-state index in [2.05, 4.69) is 10.1 Å². The lowest BCUT2D eigenvalue weighted by atomic mass is 10.0. The van der Waals surface area contributed by atoms with Crippen LogP contribution < -0.4 is 0 Å². The van der Waals surface area contributed by atoms with E-state index in [0.29, 0.717) is 6.61 Å². The summed E-state index contributed by atoms with van der Waals surface area (Å²) in [6.45, 7) is 0.490. The molecular weight excluding hydrogens is 253 g/mol. The molecule has 5 nitrogen and oxygen atoms in total. The molecule has 1 fully saturated rings. The second-order valence-electron chi connectivity index (χ2n) is 4.01. The van der Waals surface area contributed by atoms with Crippen molar-refractivity contribution in [1.82, 2.24) is 10.1 Å². The van der Waals surface area contributed by atoms with Crippen molar-refractivity contribution in [3.8, 4) is 0 Å². The fourth-order valence-electron chi connectivity index (χ4n) is 1.61. The molecule has 0 bridgehead atoms. The summed E-state index contributed by atoms with van der Waals surface area (Å²) in [5.41, 5.74) is 0. The third kappa shape index (κ3) is 3.28. The Morgan fingerprint density at radius 3 is 2.83 bits per heavy atom. The zero-order valence-electron chi connectivity index (χ0n) is 9.37. The molecule has 1 aromatic rings. The molecular formula is C10H11F3N2O3. The number of hydrogen-bond acceptors (Lipinski definition) is 5. The van der Waals surface area contributed by atoms with E-state index in [-0.39, 0.29) is 36.9 Å². The van der Waals surface area contributed by atoms with Crippen LogP contribution in [0.5, 0.6) is 0 Å². The topological polar surface area (TPSA) is 65.2 Å². The molecule has 2 rings (SSSR count). The highest BCUT2D eigenvalue weighted by Gasteiger charge is 2.31. The number of aromatic nitrogens is 2. The average Bonchev–Trinajstić information content (AvgIpc) is 2.75. The lowest BCUT2D eigenvalue weighted by Gasteiger charge is -2.17. The van der Waals surface area contributed by atoms with Gasteiger partial charge in [0.05, 0.1) is 19.6 Å². The molecule has 1 saturated heterocycles. The Hall–Kier alpha value is -1.44. The van der Waals surface area contributed by atoms with Gasteiger partial charge in [0.2, 0.25) is 5.89 Å². The molecule has 0 N–H and O–H groups in total. The van der Waals surface area contributed by atoms with Crippen LogP contribution in [-0.2, 0) is 16.0 Å². The molecule has 100 valence electrons. The van der Waals surface area contributed by atoms with Crippen LogP contribution in [0.1, 0.15) is 30.5 Å². The standard InChI is InChI=1S/C10H11F3N2O3/c11-10(12,13)3-1-8-14-9(18-15-8)6-5-17-4-2-7(6)16/h6H,1-5H2. The molecule has 1 unspecified atom stereocenters. The predicted molar refractivity (Wildman–Crippen MR) is 51.9 cm³/mol. The molecule has 0 amide bonds. The molecule has 18 heavy (non-hydrogen) atoms. The number of nitrogens with zero attached hydrogens (tertiary/aromatic N) is 2. The van der Waals surface area contributed by atoms with Crippen molar-refractivity contribution in [1.29, 1.82) is 0 Å². The second kappa shape index (κ2) is 5.05. The van der Waals surface area contributed by atoms with Crippen LogP contribution in [0.2, 0.25) is 0 Å². The monoisotopic (exact) mass is 264 g/mol. The van der Waals surface area contributed by atoms with E-state index in [1.807, 2.05) is 0 Å². The highest BCUT2D eigenvalue weighted by molar-refractivity contribution is 5.85. The van der Waals surface area contributed by atoms with Crippen molar-refractivity contribution in [2.24, 2.45) is 0 Å². The third-order valence-corrected chi connectivity index (χ3v) is 2.58. The van der Waals surface area contributed by atoms with Gasteiger partial charge in [-0.15, -0.1) is 0 Å². The van der Waals surface area contributed by atoms with E-state index in [0.717, 1.165) is 0 Å². The SMILES string of the molecule is O=C1CCOCC1c1nc(CCC(F)(F)F)no1. The van der Waals surface area contributed by atoms with Gasteiger partial charge in [-0.1, -0.05) is 5.16 Å². The Bertz CT molecular complexity index is 430. The lowest BCUT2D eigenvalue weighted by molar-refractivity contribution is -0.134. The van der Waals surface area contributed by atoms with Crippen molar-refractivity contribution in [2.75, 3.05) is 13.2 Å². The minimum Gasteiger partial charge on any atom is -0.380 e. The molecule has 1 aliphatic rings. The van der Waals surface area contributed by atoms with Crippen molar-refractivity contribution >= 4 is 5.78 Å². The van der Waals surface area contributed by atoms with E-state index in [1.54, 1.807) is 0 Å². The van der Waals surface area contributed by atoms with Crippen molar-refractivity contribution in [3.05, 3.63) is 11.7 Å². The molecule has 0 aromatic carbocycles. The Balaban J connectivity index is 1.99. The van der Waals surface area contributed by atoms with Crippen LogP contribution in [0, 0.1) is 0 Å². The molecule has 2 heterocycles. The molecule has 0 aliphatic carbocycles. The lowest BCUT2D eigenvalue weighted by Crippen LogP contribution is -2.25. The zero-order valence-corrected chi connectivity index (χ0v) is 9.37. The van der Waals surface area contributed by atoms with Crippen LogP contribution >= 0.6 is 0 Å². The minimum atomic E-state index is -4.26. The summed E-state index contributed by atoms with van der Waals surface area (Å²) < 4.78 is 45.9. The number of ketones is 1. The first-order chi connectivity index (χ1) is 8.46. The third-order valence-electron chi connectivity index (χ3n) is 2.58. The van der Waals surface area contributed by atoms with E-state index < -0.39 is 18.5 Å². The van der Waals surface area contributed by atoms with Gasteiger partial charge >= 0.3 is 6.18 Å². The van der Waals surface area contributed by atoms with E-state index >= 15 is 0 Å². The van der Waals surface area contributed by atoms with Crippen molar-refractivity contribution < 1.29 is 27.2 Å². The van der Waals surface area contributed by atoms with Crippen LogP contribution in [0.3, 0.4) is 0 Å². The molecule has 8 heteroatoms.